The summed E-state index contributed by atoms with van der Waals surface area (Å²) in [6, 6.07) is 10.0. The maximum atomic E-state index is 12.9. The van der Waals surface area contributed by atoms with Gasteiger partial charge in [0.15, 0.2) is 0 Å². The van der Waals surface area contributed by atoms with Gasteiger partial charge in [-0.1, -0.05) is 18.2 Å². The van der Waals surface area contributed by atoms with Gasteiger partial charge in [-0.15, -0.1) is 0 Å². The molecular weight excluding hydrogens is 401 g/mol. The number of amides is 1. The van der Waals surface area contributed by atoms with E-state index in [1.165, 1.54) is 37.3 Å². The van der Waals surface area contributed by atoms with Gasteiger partial charge in [0.1, 0.15) is 11.9 Å². The van der Waals surface area contributed by atoms with Crippen molar-refractivity contribution in [3.63, 3.8) is 0 Å². The lowest BCUT2D eigenvalue weighted by atomic mass is 10.1. The molecule has 1 N–H and O–H groups in total. The van der Waals surface area contributed by atoms with Crippen molar-refractivity contribution in [1.29, 1.82) is 0 Å². The van der Waals surface area contributed by atoms with Gasteiger partial charge in [-0.05, 0) is 43.5 Å². The molecule has 0 spiro atoms. The van der Waals surface area contributed by atoms with E-state index in [9.17, 15) is 27.7 Å². The predicted molar refractivity (Wildman–Crippen MR) is 108 cm³/mol. The number of nitrogens with one attached hydrogen (secondary N) is 1. The number of benzene rings is 2. The number of sulfonamides is 1. The van der Waals surface area contributed by atoms with Gasteiger partial charge >= 0.3 is 0 Å². The van der Waals surface area contributed by atoms with E-state index in [4.69, 9.17) is 0 Å². The Balaban J connectivity index is 2.04. The van der Waals surface area contributed by atoms with E-state index in [0.29, 0.717) is 19.4 Å². The van der Waals surface area contributed by atoms with E-state index < -0.39 is 26.9 Å². The number of nitrogens with zero attached hydrogens (tertiary/aromatic N) is 2. The number of carbonyl (C=O) groups is 1. The quantitative estimate of drug-likeness (QED) is 0.379. The van der Waals surface area contributed by atoms with Gasteiger partial charge in [0.25, 0.3) is 5.69 Å². The molecular formula is C19H22FN3O5S. The molecule has 2 aromatic rings. The SMILES string of the molecule is CC(C(=O)NCCCc1ccc(F)cc1)N(c1cccc([N+](=O)[O-])c1)S(C)(=O)=O. The van der Waals surface area contributed by atoms with E-state index in [2.05, 4.69) is 5.32 Å². The van der Waals surface area contributed by atoms with E-state index >= 15 is 0 Å². The Morgan fingerprint density at radius 1 is 1.24 bits per heavy atom. The predicted octanol–water partition coefficient (Wildman–Crippen LogP) is 2.64. The second-order valence-electron chi connectivity index (χ2n) is 6.53. The van der Waals surface area contributed by atoms with E-state index in [-0.39, 0.29) is 17.2 Å². The molecule has 0 aliphatic heterocycles. The maximum absolute atomic E-state index is 12.9. The normalized spacial score (nSPS) is 12.2. The molecule has 1 amide bonds. The molecule has 0 aliphatic rings. The Kier molecular flexibility index (Phi) is 7.27. The second kappa shape index (κ2) is 9.46. The van der Waals surface area contributed by atoms with Crippen molar-refractivity contribution in [2.45, 2.75) is 25.8 Å². The first kappa shape index (κ1) is 22.3. The van der Waals surface area contributed by atoms with Crippen LogP contribution in [-0.4, -0.2) is 38.1 Å². The minimum Gasteiger partial charge on any atom is -0.354 e. The summed E-state index contributed by atoms with van der Waals surface area (Å²) in [5.41, 5.74) is 0.682. The zero-order valence-electron chi connectivity index (χ0n) is 16.0. The van der Waals surface area contributed by atoms with E-state index in [1.54, 1.807) is 12.1 Å². The summed E-state index contributed by atoms with van der Waals surface area (Å²) in [5.74, 6) is -0.848. The molecule has 0 aliphatic carbocycles. The first-order chi connectivity index (χ1) is 13.6. The third-order valence-corrected chi connectivity index (χ3v) is 5.48. The summed E-state index contributed by atoms with van der Waals surface area (Å²) in [5, 5.41) is 13.6. The van der Waals surface area contributed by atoms with Gasteiger partial charge in [-0.3, -0.25) is 19.2 Å². The number of anilines is 1. The van der Waals surface area contributed by atoms with Gasteiger partial charge in [0.2, 0.25) is 15.9 Å². The Hall–Kier alpha value is -3.01. The number of nitro benzene ring substituents is 1. The van der Waals surface area contributed by atoms with Crippen molar-refractivity contribution in [1.82, 2.24) is 5.32 Å². The largest absolute Gasteiger partial charge is 0.354 e. The highest BCUT2D eigenvalue weighted by Gasteiger charge is 2.29. The van der Waals surface area contributed by atoms with Crippen molar-refractivity contribution in [3.05, 3.63) is 70.0 Å². The van der Waals surface area contributed by atoms with E-state index in [0.717, 1.165) is 22.2 Å². The number of hydrogen-bond donors (Lipinski definition) is 1. The number of aryl methyl sites for hydroxylation is 1. The number of halogens is 1. The average molecular weight is 423 g/mol. The topological polar surface area (TPSA) is 110 Å². The molecule has 0 fully saturated rings. The van der Waals surface area contributed by atoms with Crippen molar-refractivity contribution in [2.24, 2.45) is 0 Å². The van der Waals surface area contributed by atoms with Crippen molar-refractivity contribution in [3.8, 4) is 0 Å². The monoisotopic (exact) mass is 423 g/mol. The minimum atomic E-state index is -3.87. The molecule has 0 radical (unpaired) electrons. The van der Waals surface area contributed by atoms with Gasteiger partial charge < -0.3 is 5.32 Å². The molecule has 8 nitrogen and oxygen atoms in total. The number of non-ortho nitro benzene ring substituents is 1. The Morgan fingerprint density at radius 2 is 1.90 bits per heavy atom. The highest BCUT2D eigenvalue weighted by Crippen LogP contribution is 2.25. The Labute approximate surface area is 168 Å². The highest BCUT2D eigenvalue weighted by molar-refractivity contribution is 7.92. The first-order valence-electron chi connectivity index (χ1n) is 8.85. The van der Waals surface area contributed by atoms with Gasteiger partial charge in [0.05, 0.1) is 16.9 Å². The lowest BCUT2D eigenvalue weighted by Crippen LogP contribution is -2.48. The molecule has 2 aromatic carbocycles. The van der Waals surface area contributed by atoms with Gasteiger partial charge in [-0.25, -0.2) is 12.8 Å². The van der Waals surface area contributed by atoms with E-state index in [1.807, 2.05) is 0 Å². The van der Waals surface area contributed by atoms with Crippen LogP contribution in [0.25, 0.3) is 0 Å². The average Bonchev–Trinajstić information content (AvgIpc) is 2.65. The molecule has 1 atom stereocenters. The summed E-state index contributed by atoms with van der Waals surface area (Å²) in [4.78, 5) is 22.8. The zero-order valence-corrected chi connectivity index (χ0v) is 16.9. The van der Waals surface area contributed by atoms with Crippen LogP contribution in [0.3, 0.4) is 0 Å². The van der Waals surface area contributed by atoms with Crippen LogP contribution in [0, 0.1) is 15.9 Å². The third-order valence-electron chi connectivity index (χ3n) is 4.24. The fourth-order valence-corrected chi connectivity index (χ4v) is 4.02. The van der Waals surface area contributed by atoms with Crippen LogP contribution in [0.5, 0.6) is 0 Å². The summed E-state index contributed by atoms with van der Waals surface area (Å²) in [6.07, 6.45) is 2.14. The standard InChI is InChI=1S/C19H22FN3O5S/c1-14(19(24)21-12-4-5-15-8-10-16(20)11-9-15)22(29(2,27)28)17-6-3-7-18(13-17)23(25)26/h3,6-11,13-14H,4-5,12H2,1-2H3,(H,21,24). The van der Waals surface area contributed by atoms with Crippen LogP contribution in [0.2, 0.25) is 0 Å². The molecule has 0 saturated heterocycles. The molecule has 2 rings (SSSR count). The lowest BCUT2D eigenvalue weighted by Gasteiger charge is -2.28. The second-order valence-corrected chi connectivity index (χ2v) is 8.39. The maximum Gasteiger partial charge on any atom is 0.271 e. The molecule has 0 bridgehead atoms. The molecule has 1 unspecified atom stereocenters. The lowest BCUT2D eigenvalue weighted by molar-refractivity contribution is -0.384. The molecule has 156 valence electrons. The van der Waals surface area contributed by atoms with Gasteiger partial charge in [0, 0.05) is 18.7 Å². The zero-order chi connectivity index (χ0) is 21.6. The first-order valence-corrected chi connectivity index (χ1v) is 10.7. The number of carbonyl (C=O) groups excluding carboxylic acids is 1. The van der Waals surface area contributed by atoms with Crippen molar-refractivity contribution in [2.75, 3.05) is 17.1 Å². The molecule has 0 saturated carbocycles. The smallest absolute Gasteiger partial charge is 0.271 e. The van der Waals surface area contributed by atoms with Crippen LogP contribution in [-0.2, 0) is 21.2 Å². The van der Waals surface area contributed by atoms with Crippen LogP contribution < -0.4 is 9.62 Å². The fraction of sp³-hybridized carbons (Fsp3) is 0.316. The Morgan fingerprint density at radius 3 is 2.48 bits per heavy atom. The summed E-state index contributed by atoms with van der Waals surface area (Å²) in [7, 11) is -3.87. The molecule has 10 heteroatoms. The van der Waals surface area contributed by atoms with Crippen LogP contribution >= 0.6 is 0 Å². The minimum absolute atomic E-state index is 0.0377. The molecule has 0 heterocycles. The molecule has 0 aromatic heterocycles. The third kappa shape index (κ3) is 6.24. The Bertz CT molecular complexity index is 980. The summed E-state index contributed by atoms with van der Waals surface area (Å²) in [6.45, 7) is 1.71. The number of rotatable bonds is 9. The number of hydrogen-bond acceptors (Lipinski definition) is 5. The summed E-state index contributed by atoms with van der Waals surface area (Å²) < 4.78 is 38.3. The number of nitro groups is 1. The van der Waals surface area contributed by atoms with Crippen LogP contribution in [0.4, 0.5) is 15.8 Å². The van der Waals surface area contributed by atoms with Crippen molar-refractivity contribution >= 4 is 27.3 Å². The van der Waals surface area contributed by atoms with Crippen molar-refractivity contribution < 1.29 is 22.5 Å². The van der Waals surface area contributed by atoms with Crippen LogP contribution in [0.15, 0.2) is 48.5 Å². The van der Waals surface area contributed by atoms with Gasteiger partial charge in [-0.2, -0.15) is 0 Å². The fourth-order valence-electron chi connectivity index (χ4n) is 2.86. The highest BCUT2D eigenvalue weighted by atomic mass is 32.2. The molecule has 29 heavy (non-hydrogen) atoms. The van der Waals surface area contributed by atoms with Crippen LogP contribution in [0.1, 0.15) is 18.9 Å². The summed E-state index contributed by atoms with van der Waals surface area (Å²) >= 11 is 0.